The third-order valence-corrected chi connectivity index (χ3v) is 5.39. The van der Waals surface area contributed by atoms with Crippen LogP contribution in [0.4, 0.5) is 5.95 Å². The molecule has 0 aliphatic heterocycles. The topological polar surface area (TPSA) is 96.2 Å². The molecular formula is C21H30Cl3N5O3S. The average molecular weight is 539 g/mol. The first kappa shape index (κ1) is 31.1. The summed E-state index contributed by atoms with van der Waals surface area (Å²) in [5.74, 6) is 4.02. The van der Waals surface area contributed by atoms with Crippen LogP contribution < -0.4 is 16.4 Å². The number of pyridine rings is 1. The molecule has 33 heavy (non-hydrogen) atoms. The quantitative estimate of drug-likeness (QED) is 0.382. The van der Waals surface area contributed by atoms with Crippen LogP contribution in [0.3, 0.4) is 0 Å². The fourth-order valence-electron chi connectivity index (χ4n) is 2.87. The molecule has 3 heterocycles. The molecule has 0 fully saturated rings. The van der Waals surface area contributed by atoms with E-state index in [0.29, 0.717) is 24.5 Å². The Kier molecular flexibility index (Phi) is 14.2. The number of thioether (sulfide) groups is 1. The van der Waals surface area contributed by atoms with Crippen molar-refractivity contribution < 1.29 is 4.42 Å². The summed E-state index contributed by atoms with van der Waals surface area (Å²) < 4.78 is 7.28. The molecule has 0 amide bonds. The van der Waals surface area contributed by atoms with Crippen LogP contribution in [-0.2, 0) is 25.8 Å². The van der Waals surface area contributed by atoms with Crippen LogP contribution in [0.5, 0.6) is 0 Å². The number of halogens is 3. The largest absolute Gasteiger partial charge is 0.464 e. The van der Waals surface area contributed by atoms with Gasteiger partial charge >= 0.3 is 0 Å². The highest BCUT2D eigenvalue weighted by Crippen LogP contribution is 2.16. The van der Waals surface area contributed by atoms with Crippen molar-refractivity contribution in [2.24, 2.45) is 7.05 Å². The van der Waals surface area contributed by atoms with Gasteiger partial charge in [-0.1, -0.05) is 0 Å². The minimum atomic E-state index is -0.204. The van der Waals surface area contributed by atoms with Crippen LogP contribution in [0, 0.1) is 0 Å². The van der Waals surface area contributed by atoms with Crippen LogP contribution in [0.25, 0.3) is 0 Å². The molecule has 3 aromatic rings. The number of furan rings is 1. The summed E-state index contributed by atoms with van der Waals surface area (Å²) in [6.07, 6.45) is 3.62. The summed E-state index contributed by atoms with van der Waals surface area (Å²) in [6.45, 7) is 1.47. The summed E-state index contributed by atoms with van der Waals surface area (Å²) in [5.41, 5.74) is 1.00. The number of aromatic amines is 1. The maximum Gasteiger partial charge on any atom is 0.255 e. The first-order valence-corrected chi connectivity index (χ1v) is 10.8. The lowest BCUT2D eigenvalue weighted by molar-refractivity contribution is 0.344. The Hall–Kier alpha value is -1.91. The lowest BCUT2D eigenvalue weighted by atomic mass is 10.1. The van der Waals surface area contributed by atoms with Gasteiger partial charge in [-0.15, -0.1) is 37.2 Å². The average Bonchev–Trinajstić information content (AvgIpc) is 3.13. The molecule has 0 spiro atoms. The lowest BCUT2D eigenvalue weighted by Crippen LogP contribution is -2.19. The zero-order valence-electron chi connectivity index (χ0n) is 18.7. The SMILES string of the molecule is CN(C)Cc1ccc(CSCCNc2ncc(Cc3ccn(C)c(=O)c3)c(=O)[nH]2)o1.Cl.Cl.Cl. The van der Waals surface area contributed by atoms with Crippen LogP contribution in [-0.4, -0.2) is 45.8 Å². The fourth-order valence-corrected chi connectivity index (χ4v) is 3.61. The van der Waals surface area contributed by atoms with Gasteiger partial charge < -0.3 is 19.2 Å². The van der Waals surface area contributed by atoms with Crippen molar-refractivity contribution in [2.45, 2.75) is 18.7 Å². The number of hydrogen-bond acceptors (Lipinski definition) is 7. The summed E-state index contributed by atoms with van der Waals surface area (Å²) in [6, 6.07) is 7.38. The Balaban J connectivity index is 0.00000341. The van der Waals surface area contributed by atoms with E-state index in [4.69, 9.17) is 4.42 Å². The number of aromatic nitrogens is 3. The van der Waals surface area contributed by atoms with Crippen molar-refractivity contribution in [3.05, 3.63) is 80.0 Å². The molecule has 184 valence electrons. The van der Waals surface area contributed by atoms with Crippen LogP contribution in [0.2, 0.25) is 0 Å². The number of nitrogens with zero attached hydrogens (tertiary/aromatic N) is 3. The van der Waals surface area contributed by atoms with Gasteiger partial charge in [0.05, 0.1) is 12.3 Å². The van der Waals surface area contributed by atoms with E-state index in [9.17, 15) is 9.59 Å². The predicted molar refractivity (Wildman–Crippen MR) is 142 cm³/mol. The minimum absolute atomic E-state index is 0. The Morgan fingerprint density at radius 1 is 1.15 bits per heavy atom. The number of hydrogen-bond donors (Lipinski definition) is 2. The Labute approximate surface area is 215 Å². The van der Waals surface area contributed by atoms with Gasteiger partial charge in [-0.3, -0.25) is 14.6 Å². The monoisotopic (exact) mass is 537 g/mol. The van der Waals surface area contributed by atoms with Crippen molar-refractivity contribution in [1.82, 2.24) is 19.4 Å². The normalized spacial score (nSPS) is 10.2. The zero-order valence-corrected chi connectivity index (χ0v) is 22.0. The standard InChI is InChI=1S/C21H27N5O3S.3ClH/c1-25(2)13-17-4-5-18(29-17)14-30-9-7-22-21-23-12-16(20(28)24-21)10-15-6-8-26(3)19(27)11-15;;;/h4-6,8,11-12H,7,9-10,13-14H2,1-3H3,(H2,22,23,24,28);3*1H. The summed E-state index contributed by atoms with van der Waals surface area (Å²) >= 11 is 1.75. The number of anilines is 1. The molecule has 0 unspecified atom stereocenters. The maximum absolute atomic E-state index is 12.3. The van der Waals surface area contributed by atoms with E-state index in [1.54, 1.807) is 31.2 Å². The van der Waals surface area contributed by atoms with Gasteiger partial charge in [0.2, 0.25) is 5.95 Å². The third-order valence-electron chi connectivity index (χ3n) is 4.41. The molecule has 0 saturated heterocycles. The molecule has 8 nitrogen and oxygen atoms in total. The first-order chi connectivity index (χ1) is 14.4. The summed E-state index contributed by atoms with van der Waals surface area (Å²) in [7, 11) is 5.71. The smallest absolute Gasteiger partial charge is 0.255 e. The van der Waals surface area contributed by atoms with Gasteiger partial charge in [-0.05, 0) is 37.9 Å². The molecule has 2 N–H and O–H groups in total. The van der Waals surface area contributed by atoms with Crippen molar-refractivity contribution in [2.75, 3.05) is 31.7 Å². The Morgan fingerprint density at radius 3 is 2.55 bits per heavy atom. The molecule has 0 radical (unpaired) electrons. The number of nitrogens with one attached hydrogen (secondary N) is 2. The van der Waals surface area contributed by atoms with Crippen LogP contribution in [0.1, 0.15) is 22.6 Å². The molecule has 0 bridgehead atoms. The van der Waals surface area contributed by atoms with Crippen LogP contribution in [0.15, 0.2) is 50.7 Å². The van der Waals surface area contributed by atoms with Gasteiger partial charge in [0.15, 0.2) is 0 Å². The number of rotatable bonds is 10. The molecule has 3 aromatic heterocycles. The Morgan fingerprint density at radius 2 is 1.88 bits per heavy atom. The van der Waals surface area contributed by atoms with E-state index < -0.39 is 0 Å². The van der Waals surface area contributed by atoms with Crippen molar-refractivity contribution in [3.8, 4) is 0 Å². The van der Waals surface area contributed by atoms with E-state index in [-0.39, 0.29) is 48.3 Å². The molecule has 0 saturated carbocycles. The fraction of sp³-hybridized carbons (Fsp3) is 0.381. The van der Waals surface area contributed by atoms with Crippen LogP contribution >= 0.6 is 49.0 Å². The second kappa shape index (κ2) is 15.1. The molecular weight excluding hydrogens is 509 g/mol. The lowest BCUT2D eigenvalue weighted by Gasteiger charge is -2.07. The van der Waals surface area contributed by atoms with E-state index in [0.717, 1.165) is 35.1 Å². The van der Waals surface area contributed by atoms with Crippen molar-refractivity contribution in [3.63, 3.8) is 0 Å². The van der Waals surface area contributed by atoms with E-state index in [1.807, 2.05) is 32.3 Å². The van der Waals surface area contributed by atoms with Crippen molar-refractivity contribution in [1.29, 1.82) is 0 Å². The molecule has 12 heteroatoms. The number of aryl methyl sites for hydroxylation is 1. The molecule has 3 rings (SSSR count). The highest BCUT2D eigenvalue weighted by molar-refractivity contribution is 7.98. The zero-order chi connectivity index (χ0) is 21.5. The summed E-state index contributed by atoms with van der Waals surface area (Å²) in [5, 5.41) is 3.13. The molecule has 0 aliphatic carbocycles. The maximum atomic E-state index is 12.3. The first-order valence-electron chi connectivity index (χ1n) is 9.68. The molecule has 0 aliphatic rings. The highest BCUT2D eigenvalue weighted by Gasteiger charge is 2.06. The van der Waals surface area contributed by atoms with Gasteiger partial charge in [0.1, 0.15) is 11.5 Å². The highest BCUT2D eigenvalue weighted by atomic mass is 35.5. The molecule has 0 aromatic carbocycles. The third kappa shape index (κ3) is 9.85. The number of H-pyrrole nitrogens is 1. The summed E-state index contributed by atoms with van der Waals surface area (Å²) in [4.78, 5) is 33.1. The van der Waals surface area contributed by atoms with Gasteiger partial charge in [-0.25, -0.2) is 4.98 Å². The second-order valence-corrected chi connectivity index (χ2v) is 8.44. The Bertz CT molecular complexity index is 1100. The second-order valence-electron chi connectivity index (χ2n) is 7.33. The van der Waals surface area contributed by atoms with E-state index in [1.165, 1.54) is 10.6 Å². The van der Waals surface area contributed by atoms with E-state index >= 15 is 0 Å². The van der Waals surface area contributed by atoms with Gasteiger partial charge in [-0.2, -0.15) is 11.8 Å². The van der Waals surface area contributed by atoms with Gasteiger partial charge in [0.25, 0.3) is 11.1 Å². The molecule has 0 atom stereocenters. The van der Waals surface area contributed by atoms with Gasteiger partial charge in [0, 0.05) is 49.8 Å². The van der Waals surface area contributed by atoms with Crippen molar-refractivity contribution >= 4 is 54.9 Å². The predicted octanol–water partition coefficient (Wildman–Crippen LogP) is 3.32. The minimum Gasteiger partial charge on any atom is -0.464 e. The van der Waals surface area contributed by atoms with E-state index in [2.05, 4.69) is 20.2 Å².